The van der Waals surface area contributed by atoms with Crippen LogP contribution in [0.2, 0.25) is 0 Å². The van der Waals surface area contributed by atoms with Crippen LogP contribution in [0.4, 0.5) is 4.79 Å². The Morgan fingerprint density at radius 1 is 1.18 bits per heavy atom. The summed E-state index contributed by atoms with van der Waals surface area (Å²) in [6, 6.07) is 9.44. The van der Waals surface area contributed by atoms with Gasteiger partial charge in [0.15, 0.2) is 0 Å². The van der Waals surface area contributed by atoms with Gasteiger partial charge in [-0.25, -0.2) is 4.79 Å². The third-order valence-corrected chi connectivity index (χ3v) is 5.33. The minimum atomic E-state index is -3.32. The molecule has 1 aliphatic rings. The molecule has 9 heteroatoms. The standard InChI is InChI=1S/C19H28NO7P/c1-19(2,3)27-28(4,23)26-13-25-18(22)20-11-15-10-16(15)17(21)24-12-14-8-6-5-7-9-14/h5-9,15-16H,10-13H2,1-4H3,(H,20,22)/t15-,16-,28?/m0/s1. The largest absolute Gasteiger partial charge is 0.461 e. The van der Waals surface area contributed by atoms with E-state index in [1.807, 2.05) is 30.3 Å². The van der Waals surface area contributed by atoms with Gasteiger partial charge in [0.05, 0.1) is 11.5 Å². The van der Waals surface area contributed by atoms with E-state index in [4.69, 9.17) is 18.5 Å². The van der Waals surface area contributed by atoms with Gasteiger partial charge in [0.2, 0.25) is 6.79 Å². The van der Waals surface area contributed by atoms with Crippen molar-refractivity contribution in [2.24, 2.45) is 11.8 Å². The number of amides is 1. The van der Waals surface area contributed by atoms with Crippen molar-refractivity contribution in [2.45, 2.75) is 39.4 Å². The highest BCUT2D eigenvalue weighted by Crippen LogP contribution is 2.47. The topological polar surface area (TPSA) is 100 Å². The smallest absolute Gasteiger partial charge is 0.409 e. The first-order chi connectivity index (χ1) is 13.1. The highest BCUT2D eigenvalue weighted by molar-refractivity contribution is 7.53. The Morgan fingerprint density at radius 3 is 2.50 bits per heavy atom. The summed E-state index contributed by atoms with van der Waals surface area (Å²) < 4.78 is 32.5. The van der Waals surface area contributed by atoms with Crippen LogP contribution in [0.5, 0.6) is 0 Å². The van der Waals surface area contributed by atoms with E-state index in [1.54, 1.807) is 20.8 Å². The quantitative estimate of drug-likeness (QED) is 0.374. The Bertz CT molecular complexity index is 717. The summed E-state index contributed by atoms with van der Waals surface area (Å²) in [6.45, 7) is 6.61. The predicted molar refractivity (Wildman–Crippen MR) is 103 cm³/mol. The average molecular weight is 413 g/mol. The highest BCUT2D eigenvalue weighted by Gasteiger charge is 2.44. The molecule has 0 bridgehead atoms. The van der Waals surface area contributed by atoms with Gasteiger partial charge >= 0.3 is 19.7 Å². The molecule has 1 aliphatic carbocycles. The molecule has 1 unspecified atom stereocenters. The van der Waals surface area contributed by atoms with Gasteiger partial charge < -0.3 is 19.3 Å². The number of nitrogens with one attached hydrogen (secondary N) is 1. The second kappa shape index (κ2) is 9.54. The van der Waals surface area contributed by atoms with Crippen LogP contribution in [0.1, 0.15) is 32.8 Å². The lowest BCUT2D eigenvalue weighted by Crippen LogP contribution is -2.28. The molecule has 3 atom stereocenters. The maximum Gasteiger partial charge on any atom is 0.409 e. The number of carbonyl (C=O) groups excluding carboxylic acids is 2. The molecule has 0 radical (unpaired) electrons. The van der Waals surface area contributed by atoms with Crippen LogP contribution >= 0.6 is 7.60 Å². The minimum Gasteiger partial charge on any atom is -0.461 e. The third kappa shape index (κ3) is 8.42. The van der Waals surface area contributed by atoms with E-state index in [2.05, 4.69) is 5.32 Å². The molecule has 1 N–H and O–H groups in total. The maximum absolute atomic E-state index is 12.1. The zero-order valence-corrected chi connectivity index (χ0v) is 17.6. The molecule has 0 saturated heterocycles. The van der Waals surface area contributed by atoms with Crippen molar-refractivity contribution in [3.63, 3.8) is 0 Å². The average Bonchev–Trinajstić information content (AvgIpc) is 3.36. The molecule has 1 saturated carbocycles. The number of carbonyl (C=O) groups is 2. The molecule has 1 fully saturated rings. The first-order valence-electron chi connectivity index (χ1n) is 9.10. The summed E-state index contributed by atoms with van der Waals surface area (Å²) in [7, 11) is -3.32. The molecule has 0 spiro atoms. The van der Waals surface area contributed by atoms with Crippen molar-refractivity contribution < 1.29 is 32.7 Å². The molecule has 1 aromatic rings. The van der Waals surface area contributed by atoms with Crippen molar-refractivity contribution in [2.75, 3.05) is 20.0 Å². The summed E-state index contributed by atoms with van der Waals surface area (Å²) >= 11 is 0. The van der Waals surface area contributed by atoms with Crippen molar-refractivity contribution in [3.8, 4) is 0 Å². The number of hydrogen-bond acceptors (Lipinski definition) is 7. The Morgan fingerprint density at radius 2 is 1.86 bits per heavy atom. The molecular formula is C19H28NO7P. The van der Waals surface area contributed by atoms with Crippen LogP contribution in [0, 0.1) is 11.8 Å². The molecule has 1 aromatic carbocycles. The Kier molecular flexibility index (Phi) is 7.63. The predicted octanol–water partition coefficient (Wildman–Crippen LogP) is 3.70. The molecule has 28 heavy (non-hydrogen) atoms. The van der Waals surface area contributed by atoms with Gasteiger partial charge in [-0.15, -0.1) is 0 Å². The van der Waals surface area contributed by atoms with E-state index in [1.165, 1.54) is 6.66 Å². The fourth-order valence-corrected chi connectivity index (χ4v) is 3.85. The summed E-state index contributed by atoms with van der Waals surface area (Å²) in [5, 5.41) is 2.56. The van der Waals surface area contributed by atoms with Crippen LogP contribution < -0.4 is 5.32 Å². The van der Waals surface area contributed by atoms with E-state index >= 15 is 0 Å². The molecule has 0 aromatic heterocycles. The van der Waals surface area contributed by atoms with Crippen LogP contribution in [0.3, 0.4) is 0 Å². The number of benzene rings is 1. The van der Waals surface area contributed by atoms with Gasteiger partial charge in [-0.2, -0.15) is 0 Å². The van der Waals surface area contributed by atoms with E-state index in [0.29, 0.717) is 13.0 Å². The molecule has 0 aliphatic heterocycles. The first-order valence-corrected chi connectivity index (χ1v) is 11.1. The van der Waals surface area contributed by atoms with E-state index in [0.717, 1.165) is 5.56 Å². The third-order valence-electron chi connectivity index (χ3n) is 3.87. The van der Waals surface area contributed by atoms with Crippen LogP contribution in [0.15, 0.2) is 30.3 Å². The summed E-state index contributed by atoms with van der Waals surface area (Å²) in [5.41, 5.74) is 0.293. The van der Waals surface area contributed by atoms with Crippen molar-refractivity contribution in [3.05, 3.63) is 35.9 Å². The zero-order chi connectivity index (χ0) is 20.8. The number of alkyl carbamates (subject to hydrolysis) is 1. The van der Waals surface area contributed by atoms with Crippen LogP contribution in [-0.4, -0.2) is 37.7 Å². The van der Waals surface area contributed by atoms with E-state index in [-0.39, 0.29) is 24.4 Å². The second-order valence-corrected chi connectivity index (χ2v) is 9.71. The fourth-order valence-electron chi connectivity index (χ4n) is 2.56. The number of esters is 1. The van der Waals surface area contributed by atoms with Crippen LogP contribution in [0.25, 0.3) is 0 Å². The highest BCUT2D eigenvalue weighted by atomic mass is 31.2. The fraction of sp³-hybridized carbons (Fsp3) is 0.579. The molecule has 1 amide bonds. The number of hydrogen-bond donors (Lipinski definition) is 1. The number of ether oxygens (including phenoxy) is 2. The van der Waals surface area contributed by atoms with Crippen molar-refractivity contribution in [1.29, 1.82) is 0 Å². The lowest BCUT2D eigenvalue weighted by Gasteiger charge is -2.24. The molecule has 2 rings (SSSR count). The molecular weight excluding hydrogens is 385 g/mol. The SMILES string of the molecule is CC(C)(C)OP(C)(=O)OCOC(=O)NC[C@@H]1C[C@@H]1C(=O)OCc1ccccc1. The van der Waals surface area contributed by atoms with Crippen molar-refractivity contribution >= 4 is 19.7 Å². The summed E-state index contributed by atoms with van der Waals surface area (Å²) in [4.78, 5) is 23.7. The molecule has 156 valence electrons. The first kappa shape index (κ1) is 22.4. The van der Waals surface area contributed by atoms with Gasteiger partial charge in [-0.3, -0.25) is 13.9 Å². The van der Waals surface area contributed by atoms with Crippen molar-refractivity contribution in [1.82, 2.24) is 5.32 Å². The van der Waals surface area contributed by atoms with Crippen LogP contribution in [-0.2, 0) is 34.5 Å². The van der Waals surface area contributed by atoms with Gasteiger partial charge in [0.1, 0.15) is 6.61 Å². The molecule has 0 heterocycles. The van der Waals surface area contributed by atoms with Gasteiger partial charge in [0.25, 0.3) is 0 Å². The van der Waals surface area contributed by atoms with Gasteiger partial charge in [-0.1, -0.05) is 30.3 Å². The Hall–Kier alpha value is -1.89. The summed E-state index contributed by atoms with van der Waals surface area (Å²) in [6.07, 6.45) is -0.0485. The lowest BCUT2D eigenvalue weighted by atomic mass is 10.2. The van der Waals surface area contributed by atoms with Gasteiger partial charge in [0, 0.05) is 13.2 Å². The summed E-state index contributed by atoms with van der Waals surface area (Å²) in [5.74, 6) is -0.451. The lowest BCUT2D eigenvalue weighted by molar-refractivity contribution is -0.146. The minimum absolute atomic E-state index is 0.0261. The van der Waals surface area contributed by atoms with Gasteiger partial charge in [-0.05, 0) is 38.7 Å². The molecule has 8 nitrogen and oxygen atoms in total. The maximum atomic E-state index is 12.1. The number of rotatable bonds is 9. The van der Waals surface area contributed by atoms with E-state index in [9.17, 15) is 14.2 Å². The van der Waals surface area contributed by atoms with E-state index < -0.39 is 26.1 Å². The Balaban J connectivity index is 1.58. The Labute approximate surface area is 165 Å². The monoisotopic (exact) mass is 413 g/mol. The second-order valence-electron chi connectivity index (χ2n) is 7.73. The normalized spacial score (nSPS) is 20.7. The zero-order valence-electron chi connectivity index (χ0n) is 16.7.